The Balaban J connectivity index is 1.99. The van der Waals surface area contributed by atoms with E-state index >= 15 is 0 Å². The van der Waals surface area contributed by atoms with Crippen LogP contribution in [0.2, 0.25) is 5.02 Å². The van der Waals surface area contributed by atoms with Gasteiger partial charge in [0.15, 0.2) is 0 Å². The van der Waals surface area contributed by atoms with Crippen LogP contribution < -0.4 is 5.48 Å². The molecule has 110 valence electrons. The molecule has 0 aliphatic carbocycles. The van der Waals surface area contributed by atoms with E-state index in [0.29, 0.717) is 18.0 Å². The van der Waals surface area contributed by atoms with Gasteiger partial charge in [-0.05, 0) is 18.1 Å². The Morgan fingerprint density at radius 3 is 2.95 bits per heavy atom. The monoisotopic (exact) mass is 300 g/mol. The second-order valence-electron chi connectivity index (χ2n) is 4.68. The number of aliphatic hydroxyl groups is 1. The van der Waals surface area contributed by atoms with Crippen LogP contribution in [0.15, 0.2) is 24.3 Å². The van der Waals surface area contributed by atoms with Crippen LogP contribution in [-0.4, -0.2) is 40.0 Å². The molecule has 0 spiro atoms. The molecule has 1 aromatic carbocycles. The molecule has 20 heavy (non-hydrogen) atoms. The molecule has 1 saturated heterocycles. The highest BCUT2D eigenvalue weighted by Crippen LogP contribution is 2.21. The molecule has 2 rings (SSSR count). The Hall–Kier alpha value is -1.18. The molecular weight excluding hydrogens is 284 g/mol. The second kappa shape index (κ2) is 7.01. The van der Waals surface area contributed by atoms with Crippen LogP contribution in [0.4, 0.5) is 0 Å². The molecule has 0 bridgehead atoms. The predicted octanol–water partition coefficient (Wildman–Crippen LogP) is 1.10. The van der Waals surface area contributed by atoms with Gasteiger partial charge in [-0.25, -0.2) is 5.48 Å². The minimum absolute atomic E-state index is 0.217. The first kappa shape index (κ1) is 15.2. The van der Waals surface area contributed by atoms with Crippen LogP contribution in [0.25, 0.3) is 0 Å². The standard InChI is InChI=1S/C13H17ClN2O4/c14-11-4-2-1-3-9(11)8-20-16-6-5-10(17)7-12(16)13(18)15-19/h1-4,10,12,17,19H,5-8H2,(H,15,18)/t10-,12+/m0/s1. The van der Waals surface area contributed by atoms with Crippen molar-refractivity contribution >= 4 is 17.5 Å². The molecule has 0 unspecified atom stereocenters. The fraction of sp³-hybridized carbons (Fsp3) is 0.462. The van der Waals surface area contributed by atoms with Crippen LogP contribution in [-0.2, 0) is 16.2 Å². The van der Waals surface area contributed by atoms with E-state index < -0.39 is 18.1 Å². The van der Waals surface area contributed by atoms with Crippen LogP contribution >= 0.6 is 11.6 Å². The predicted molar refractivity (Wildman–Crippen MR) is 71.9 cm³/mol. The zero-order valence-electron chi connectivity index (χ0n) is 10.8. The van der Waals surface area contributed by atoms with Gasteiger partial charge in [-0.15, -0.1) is 0 Å². The average Bonchev–Trinajstić information content (AvgIpc) is 2.46. The third kappa shape index (κ3) is 3.68. The maximum Gasteiger partial charge on any atom is 0.263 e. The summed E-state index contributed by atoms with van der Waals surface area (Å²) in [7, 11) is 0. The highest BCUT2D eigenvalue weighted by Gasteiger charge is 2.33. The van der Waals surface area contributed by atoms with Gasteiger partial charge in [-0.2, -0.15) is 5.06 Å². The summed E-state index contributed by atoms with van der Waals surface area (Å²) in [6.07, 6.45) is 0.157. The molecular formula is C13H17ClN2O4. The van der Waals surface area contributed by atoms with E-state index in [2.05, 4.69) is 0 Å². The molecule has 1 aliphatic heterocycles. The largest absolute Gasteiger partial charge is 0.393 e. The SMILES string of the molecule is O=C(NO)[C@H]1C[C@@H](O)CCN1OCc1ccccc1Cl. The molecule has 0 aromatic heterocycles. The summed E-state index contributed by atoms with van der Waals surface area (Å²) in [6, 6.07) is 6.56. The van der Waals surface area contributed by atoms with Crippen molar-refractivity contribution in [1.29, 1.82) is 0 Å². The molecule has 1 heterocycles. The summed E-state index contributed by atoms with van der Waals surface area (Å²) >= 11 is 6.03. The molecule has 1 aromatic rings. The Morgan fingerprint density at radius 2 is 2.25 bits per heavy atom. The van der Waals surface area contributed by atoms with Gasteiger partial charge >= 0.3 is 0 Å². The van der Waals surface area contributed by atoms with Crippen molar-refractivity contribution < 1.29 is 19.9 Å². The van der Waals surface area contributed by atoms with E-state index in [-0.39, 0.29) is 13.0 Å². The molecule has 3 N–H and O–H groups in total. The van der Waals surface area contributed by atoms with Crippen molar-refractivity contribution in [2.24, 2.45) is 0 Å². The number of hydroxylamine groups is 3. The van der Waals surface area contributed by atoms with Crippen molar-refractivity contribution in [2.45, 2.75) is 31.6 Å². The van der Waals surface area contributed by atoms with Gasteiger partial charge in [0.05, 0.1) is 12.7 Å². The lowest BCUT2D eigenvalue weighted by molar-refractivity contribution is -0.219. The Labute approximate surface area is 121 Å². The summed E-state index contributed by atoms with van der Waals surface area (Å²) in [5.74, 6) is -0.595. The number of benzene rings is 1. The van der Waals surface area contributed by atoms with Gasteiger partial charge < -0.3 is 5.11 Å². The quantitative estimate of drug-likeness (QED) is 0.573. The number of amides is 1. The van der Waals surface area contributed by atoms with Crippen molar-refractivity contribution in [3.05, 3.63) is 34.9 Å². The summed E-state index contributed by atoms with van der Waals surface area (Å²) in [4.78, 5) is 17.2. The third-order valence-electron chi connectivity index (χ3n) is 3.28. The Bertz CT molecular complexity index is 471. The average molecular weight is 301 g/mol. The van der Waals surface area contributed by atoms with Gasteiger partial charge in [-0.1, -0.05) is 29.8 Å². The van der Waals surface area contributed by atoms with Crippen molar-refractivity contribution in [3.63, 3.8) is 0 Å². The molecule has 1 fully saturated rings. The summed E-state index contributed by atoms with van der Waals surface area (Å²) in [6.45, 7) is 0.634. The number of carbonyl (C=O) groups excluding carboxylic acids is 1. The van der Waals surface area contributed by atoms with Gasteiger partial charge in [-0.3, -0.25) is 14.8 Å². The number of piperidine rings is 1. The fourth-order valence-corrected chi connectivity index (χ4v) is 2.35. The number of hydrogen-bond acceptors (Lipinski definition) is 5. The normalized spacial score (nSPS) is 23.6. The molecule has 1 aliphatic rings. The number of halogens is 1. The zero-order chi connectivity index (χ0) is 14.5. The lowest BCUT2D eigenvalue weighted by Gasteiger charge is -2.35. The molecule has 2 atom stereocenters. The lowest BCUT2D eigenvalue weighted by atomic mass is 10.0. The topological polar surface area (TPSA) is 82.0 Å². The van der Waals surface area contributed by atoms with E-state index in [4.69, 9.17) is 21.6 Å². The lowest BCUT2D eigenvalue weighted by Crippen LogP contribution is -2.51. The van der Waals surface area contributed by atoms with Gasteiger partial charge in [0, 0.05) is 18.0 Å². The number of nitrogens with zero attached hydrogens (tertiary/aromatic N) is 1. The van der Waals surface area contributed by atoms with Crippen molar-refractivity contribution in [3.8, 4) is 0 Å². The van der Waals surface area contributed by atoms with E-state index in [0.717, 1.165) is 5.56 Å². The van der Waals surface area contributed by atoms with E-state index in [1.54, 1.807) is 11.5 Å². The number of aliphatic hydroxyl groups excluding tert-OH is 1. The van der Waals surface area contributed by atoms with Crippen LogP contribution in [0.1, 0.15) is 18.4 Å². The minimum atomic E-state index is -0.716. The first-order valence-electron chi connectivity index (χ1n) is 6.36. The van der Waals surface area contributed by atoms with Crippen molar-refractivity contribution in [1.82, 2.24) is 10.5 Å². The molecule has 6 nitrogen and oxygen atoms in total. The number of hydrogen-bond donors (Lipinski definition) is 3. The zero-order valence-corrected chi connectivity index (χ0v) is 11.6. The van der Waals surface area contributed by atoms with E-state index in [9.17, 15) is 9.90 Å². The summed E-state index contributed by atoms with van der Waals surface area (Å²) in [5.41, 5.74) is 2.41. The minimum Gasteiger partial charge on any atom is -0.393 e. The summed E-state index contributed by atoms with van der Waals surface area (Å²) in [5, 5.41) is 20.4. The van der Waals surface area contributed by atoms with Crippen LogP contribution in [0.5, 0.6) is 0 Å². The fourth-order valence-electron chi connectivity index (χ4n) is 2.16. The number of rotatable bonds is 4. The summed E-state index contributed by atoms with van der Waals surface area (Å²) < 4.78 is 0. The molecule has 7 heteroatoms. The van der Waals surface area contributed by atoms with E-state index in [1.165, 1.54) is 5.06 Å². The Morgan fingerprint density at radius 1 is 1.50 bits per heavy atom. The van der Waals surface area contributed by atoms with Crippen LogP contribution in [0.3, 0.4) is 0 Å². The van der Waals surface area contributed by atoms with Crippen LogP contribution in [0, 0.1) is 0 Å². The third-order valence-corrected chi connectivity index (χ3v) is 3.65. The smallest absolute Gasteiger partial charge is 0.263 e. The first-order valence-corrected chi connectivity index (χ1v) is 6.74. The van der Waals surface area contributed by atoms with Gasteiger partial charge in [0.25, 0.3) is 5.91 Å². The van der Waals surface area contributed by atoms with Crippen molar-refractivity contribution in [2.75, 3.05) is 6.54 Å². The number of nitrogens with one attached hydrogen (secondary N) is 1. The van der Waals surface area contributed by atoms with Gasteiger partial charge in [0.2, 0.25) is 0 Å². The first-order chi connectivity index (χ1) is 9.61. The van der Waals surface area contributed by atoms with E-state index in [1.807, 2.05) is 18.2 Å². The highest BCUT2D eigenvalue weighted by molar-refractivity contribution is 6.31. The maximum absolute atomic E-state index is 11.6. The highest BCUT2D eigenvalue weighted by atomic mass is 35.5. The van der Waals surface area contributed by atoms with Gasteiger partial charge in [0.1, 0.15) is 6.04 Å². The molecule has 0 radical (unpaired) electrons. The maximum atomic E-state index is 11.6. The molecule has 1 amide bonds. The second-order valence-corrected chi connectivity index (χ2v) is 5.08. The number of carbonyl (C=O) groups is 1. The molecule has 0 saturated carbocycles. The Kier molecular flexibility index (Phi) is 5.33.